The van der Waals surface area contributed by atoms with Gasteiger partial charge in [0, 0.05) is 5.69 Å². The second-order valence-electron chi connectivity index (χ2n) is 4.28. The number of hydrogen-bond acceptors (Lipinski definition) is 2. The fraction of sp³-hybridized carbons (Fsp3) is 0.333. The Bertz CT molecular complexity index is 467. The van der Waals surface area contributed by atoms with Crippen LogP contribution in [0.1, 0.15) is 24.8 Å². The molecular formula is C12H14N2O3. The molecular weight excluding hydrogens is 220 g/mol. The molecule has 17 heavy (non-hydrogen) atoms. The van der Waals surface area contributed by atoms with Crippen molar-refractivity contribution in [2.24, 2.45) is 5.73 Å². The first-order chi connectivity index (χ1) is 8.06. The van der Waals surface area contributed by atoms with Crippen molar-refractivity contribution in [3.63, 3.8) is 0 Å². The second-order valence-corrected chi connectivity index (χ2v) is 4.28. The Kier molecular flexibility index (Phi) is 2.75. The molecule has 4 N–H and O–H groups in total. The zero-order valence-electron chi connectivity index (χ0n) is 9.27. The summed E-state index contributed by atoms with van der Waals surface area (Å²) in [5, 5.41) is 11.8. The lowest BCUT2D eigenvalue weighted by atomic mass is 9.64. The third-order valence-corrected chi connectivity index (χ3v) is 3.32. The van der Waals surface area contributed by atoms with Crippen LogP contribution in [0.4, 0.5) is 10.5 Å². The Hall–Kier alpha value is -2.04. The summed E-state index contributed by atoms with van der Waals surface area (Å²) in [6.45, 7) is 0. The lowest BCUT2D eigenvalue weighted by Crippen LogP contribution is -2.43. The molecule has 0 bridgehead atoms. The monoisotopic (exact) mass is 234 g/mol. The number of carbonyl (C=O) groups is 2. The molecule has 1 fully saturated rings. The number of rotatable bonds is 3. The van der Waals surface area contributed by atoms with Crippen molar-refractivity contribution in [1.82, 2.24) is 0 Å². The van der Waals surface area contributed by atoms with Gasteiger partial charge < -0.3 is 16.2 Å². The number of aliphatic carboxylic acids is 1. The van der Waals surface area contributed by atoms with Gasteiger partial charge in [0.25, 0.3) is 0 Å². The van der Waals surface area contributed by atoms with Crippen LogP contribution >= 0.6 is 0 Å². The Balaban J connectivity index is 2.43. The van der Waals surface area contributed by atoms with Crippen LogP contribution in [0.25, 0.3) is 0 Å². The summed E-state index contributed by atoms with van der Waals surface area (Å²) in [7, 11) is 0. The Morgan fingerprint density at radius 3 is 2.41 bits per heavy atom. The van der Waals surface area contributed by atoms with Gasteiger partial charge in [0.2, 0.25) is 0 Å². The third-order valence-electron chi connectivity index (χ3n) is 3.32. The number of nitrogens with one attached hydrogen (secondary N) is 1. The van der Waals surface area contributed by atoms with Gasteiger partial charge in [-0.15, -0.1) is 0 Å². The average molecular weight is 234 g/mol. The zero-order chi connectivity index (χ0) is 12.5. The zero-order valence-corrected chi connectivity index (χ0v) is 9.27. The smallest absolute Gasteiger partial charge is 0.316 e. The Morgan fingerprint density at radius 1 is 1.29 bits per heavy atom. The number of primary amides is 1. The third kappa shape index (κ3) is 1.84. The van der Waals surface area contributed by atoms with Gasteiger partial charge in [0.1, 0.15) is 0 Å². The van der Waals surface area contributed by atoms with Gasteiger partial charge in [-0.05, 0) is 24.5 Å². The molecule has 0 saturated heterocycles. The predicted molar refractivity (Wildman–Crippen MR) is 62.8 cm³/mol. The van der Waals surface area contributed by atoms with E-state index in [0.717, 1.165) is 6.42 Å². The molecule has 5 nitrogen and oxygen atoms in total. The van der Waals surface area contributed by atoms with Gasteiger partial charge in [-0.1, -0.05) is 24.6 Å². The number of hydrogen-bond donors (Lipinski definition) is 3. The van der Waals surface area contributed by atoms with Crippen LogP contribution in [0.2, 0.25) is 0 Å². The summed E-state index contributed by atoms with van der Waals surface area (Å²) < 4.78 is 0. The maximum Gasteiger partial charge on any atom is 0.316 e. The normalized spacial score (nSPS) is 16.9. The van der Waals surface area contributed by atoms with Crippen LogP contribution < -0.4 is 11.1 Å². The number of benzene rings is 1. The highest BCUT2D eigenvalue weighted by Crippen LogP contribution is 2.46. The van der Waals surface area contributed by atoms with Crippen molar-refractivity contribution in [2.75, 3.05) is 5.32 Å². The fourth-order valence-corrected chi connectivity index (χ4v) is 2.27. The van der Waals surface area contributed by atoms with Crippen LogP contribution in [-0.4, -0.2) is 17.1 Å². The largest absolute Gasteiger partial charge is 0.481 e. The van der Waals surface area contributed by atoms with Crippen LogP contribution in [0.5, 0.6) is 0 Å². The molecule has 1 aliphatic carbocycles. The Morgan fingerprint density at radius 2 is 1.94 bits per heavy atom. The van der Waals surface area contributed by atoms with E-state index in [1.165, 1.54) is 0 Å². The van der Waals surface area contributed by atoms with Crippen LogP contribution in [0, 0.1) is 0 Å². The summed E-state index contributed by atoms with van der Waals surface area (Å²) in [6.07, 6.45) is 2.08. The summed E-state index contributed by atoms with van der Waals surface area (Å²) in [4.78, 5) is 22.3. The number of para-hydroxylation sites is 1. The van der Waals surface area contributed by atoms with Gasteiger partial charge in [-0.3, -0.25) is 4.79 Å². The van der Waals surface area contributed by atoms with E-state index in [4.69, 9.17) is 5.73 Å². The first kappa shape index (κ1) is 11.4. The number of carboxylic acids is 1. The summed E-state index contributed by atoms with van der Waals surface area (Å²) in [5.41, 5.74) is 5.34. The van der Waals surface area contributed by atoms with Crippen LogP contribution in [0.15, 0.2) is 24.3 Å². The first-order valence-electron chi connectivity index (χ1n) is 5.45. The van der Waals surface area contributed by atoms with Crippen LogP contribution in [-0.2, 0) is 10.2 Å². The molecule has 0 spiro atoms. The number of nitrogens with two attached hydrogens (primary N) is 1. The van der Waals surface area contributed by atoms with Crippen molar-refractivity contribution in [3.8, 4) is 0 Å². The van der Waals surface area contributed by atoms with E-state index in [-0.39, 0.29) is 0 Å². The van der Waals surface area contributed by atoms with Crippen LogP contribution in [0.3, 0.4) is 0 Å². The van der Waals surface area contributed by atoms with Gasteiger partial charge in [-0.25, -0.2) is 4.79 Å². The van der Waals surface area contributed by atoms with Crippen molar-refractivity contribution in [1.29, 1.82) is 0 Å². The van der Waals surface area contributed by atoms with Gasteiger partial charge in [0.15, 0.2) is 0 Å². The minimum absolute atomic E-state index is 0.488. The minimum Gasteiger partial charge on any atom is -0.481 e. The minimum atomic E-state index is -0.862. The highest BCUT2D eigenvalue weighted by atomic mass is 16.4. The molecule has 0 atom stereocenters. The number of carbonyl (C=O) groups excluding carboxylic acids is 1. The maximum atomic E-state index is 11.4. The van der Waals surface area contributed by atoms with E-state index in [1.807, 2.05) is 0 Å². The molecule has 2 rings (SSSR count). The lowest BCUT2D eigenvalue weighted by molar-refractivity contribution is -0.147. The molecule has 0 heterocycles. The fourth-order valence-electron chi connectivity index (χ4n) is 2.27. The molecule has 1 saturated carbocycles. The molecule has 1 aromatic rings. The van der Waals surface area contributed by atoms with E-state index >= 15 is 0 Å². The molecule has 5 heteroatoms. The maximum absolute atomic E-state index is 11.4. The summed E-state index contributed by atoms with van der Waals surface area (Å²) in [5.74, 6) is -0.845. The van der Waals surface area contributed by atoms with Crippen molar-refractivity contribution >= 4 is 17.7 Å². The van der Waals surface area contributed by atoms with E-state index in [2.05, 4.69) is 5.32 Å². The first-order valence-corrected chi connectivity index (χ1v) is 5.45. The molecule has 90 valence electrons. The second kappa shape index (κ2) is 4.08. The molecule has 0 unspecified atom stereocenters. The van der Waals surface area contributed by atoms with Crippen molar-refractivity contribution in [2.45, 2.75) is 24.7 Å². The highest BCUT2D eigenvalue weighted by molar-refractivity contribution is 5.92. The average Bonchev–Trinajstić information content (AvgIpc) is 2.17. The molecule has 0 aliphatic heterocycles. The standard InChI is InChI=1S/C12H14N2O3/c13-11(17)14-9-5-2-1-4-8(9)12(10(15)16)6-3-7-12/h1-2,4-5H,3,6-7H2,(H,15,16)(H3,13,14,17). The molecule has 2 amide bonds. The van der Waals surface area contributed by atoms with E-state index in [0.29, 0.717) is 24.1 Å². The quantitative estimate of drug-likeness (QED) is 0.742. The van der Waals surface area contributed by atoms with E-state index in [9.17, 15) is 14.7 Å². The topological polar surface area (TPSA) is 92.4 Å². The van der Waals surface area contributed by atoms with Gasteiger partial charge in [0.05, 0.1) is 5.41 Å². The lowest BCUT2D eigenvalue weighted by Gasteiger charge is -2.39. The van der Waals surface area contributed by atoms with E-state index in [1.54, 1.807) is 24.3 Å². The van der Waals surface area contributed by atoms with Crippen molar-refractivity contribution in [3.05, 3.63) is 29.8 Å². The predicted octanol–water partition coefficient (Wildman–Crippen LogP) is 1.68. The summed E-state index contributed by atoms with van der Waals surface area (Å²) >= 11 is 0. The molecule has 0 radical (unpaired) electrons. The van der Waals surface area contributed by atoms with Gasteiger partial charge >= 0.3 is 12.0 Å². The van der Waals surface area contributed by atoms with E-state index < -0.39 is 17.4 Å². The molecule has 1 aromatic carbocycles. The highest BCUT2D eigenvalue weighted by Gasteiger charge is 2.47. The molecule has 0 aromatic heterocycles. The summed E-state index contributed by atoms with van der Waals surface area (Å²) in [6, 6.07) is 6.23. The number of amides is 2. The number of anilines is 1. The Labute approximate surface area is 98.6 Å². The number of carboxylic acid groups (broad SMARTS) is 1. The SMILES string of the molecule is NC(=O)Nc1ccccc1C1(C(=O)O)CCC1. The van der Waals surface area contributed by atoms with Crippen molar-refractivity contribution < 1.29 is 14.7 Å². The molecule has 1 aliphatic rings. The number of urea groups is 1. The van der Waals surface area contributed by atoms with Gasteiger partial charge in [-0.2, -0.15) is 0 Å².